The summed E-state index contributed by atoms with van der Waals surface area (Å²) in [6.45, 7) is 1.64. The number of rotatable bonds is 3. The van der Waals surface area contributed by atoms with E-state index in [1.807, 2.05) is 6.07 Å². The van der Waals surface area contributed by atoms with E-state index < -0.39 is 5.97 Å². The minimum Gasteiger partial charge on any atom is -0.496 e. The highest BCUT2D eigenvalue weighted by atomic mass is 16.5. The summed E-state index contributed by atoms with van der Waals surface area (Å²) in [7, 11) is 1.54. The molecule has 2 aromatic rings. The zero-order valence-electron chi connectivity index (χ0n) is 10.0. The number of carbonyl (C=O) groups is 1. The predicted molar refractivity (Wildman–Crippen MR) is 65.7 cm³/mol. The van der Waals surface area contributed by atoms with Gasteiger partial charge in [-0.15, -0.1) is 0 Å². The van der Waals surface area contributed by atoms with Crippen molar-refractivity contribution in [3.8, 4) is 17.0 Å². The minimum atomic E-state index is -1.05. The predicted octanol–water partition coefficient (Wildman–Crippen LogP) is 2.16. The van der Waals surface area contributed by atoms with Gasteiger partial charge in [0.2, 0.25) is 0 Å². The van der Waals surface area contributed by atoms with Crippen molar-refractivity contribution >= 4 is 5.97 Å². The number of methoxy groups -OCH3 is 1. The molecule has 0 aliphatic rings. The Morgan fingerprint density at radius 2 is 2.00 bits per heavy atom. The summed E-state index contributed by atoms with van der Waals surface area (Å²) >= 11 is 0. The number of carboxylic acids is 1. The topological polar surface area (TPSA) is 72.3 Å². The lowest BCUT2D eigenvalue weighted by molar-refractivity contribution is 0.0696. The van der Waals surface area contributed by atoms with E-state index in [-0.39, 0.29) is 5.56 Å². The molecule has 2 rings (SSSR count). The van der Waals surface area contributed by atoms with Crippen LogP contribution >= 0.6 is 0 Å². The lowest BCUT2D eigenvalue weighted by Gasteiger charge is -2.10. The fourth-order valence-corrected chi connectivity index (χ4v) is 1.77. The van der Waals surface area contributed by atoms with Crippen LogP contribution in [-0.4, -0.2) is 28.2 Å². The zero-order valence-corrected chi connectivity index (χ0v) is 10.0. The Labute approximate surface area is 104 Å². The van der Waals surface area contributed by atoms with Crippen LogP contribution in [0.2, 0.25) is 0 Å². The van der Waals surface area contributed by atoms with Crippen molar-refractivity contribution in [2.45, 2.75) is 6.92 Å². The molecule has 1 aromatic heterocycles. The Balaban J connectivity index is 2.71. The van der Waals surface area contributed by atoms with E-state index in [0.29, 0.717) is 22.7 Å². The van der Waals surface area contributed by atoms with Crippen LogP contribution in [-0.2, 0) is 0 Å². The van der Waals surface area contributed by atoms with Gasteiger partial charge in [-0.3, -0.25) is 0 Å². The van der Waals surface area contributed by atoms with Gasteiger partial charge in [0.05, 0.1) is 18.5 Å². The van der Waals surface area contributed by atoms with Crippen molar-refractivity contribution in [3.05, 3.63) is 41.9 Å². The smallest absolute Gasteiger partial charge is 0.339 e. The SMILES string of the molecule is COc1ccccc1-c1ncnc(C)c1C(=O)O. The Kier molecular flexibility index (Phi) is 3.23. The molecule has 1 heterocycles. The molecule has 0 aliphatic heterocycles. The van der Waals surface area contributed by atoms with Crippen LogP contribution < -0.4 is 4.74 Å². The van der Waals surface area contributed by atoms with Crippen LogP contribution in [0, 0.1) is 6.92 Å². The number of ether oxygens (including phenoxy) is 1. The first kappa shape index (κ1) is 12.0. The largest absolute Gasteiger partial charge is 0.496 e. The lowest BCUT2D eigenvalue weighted by atomic mass is 10.0. The van der Waals surface area contributed by atoms with Gasteiger partial charge in [0, 0.05) is 5.56 Å². The molecule has 0 amide bonds. The normalized spacial score (nSPS) is 10.1. The third-order valence-electron chi connectivity index (χ3n) is 2.61. The second-order valence-corrected chi connectivity index (χ2v) is 3.69. The van der Waals surface area contributed by atoms with E-state index in [1.165, 1.54) is 13.4 Å². The Hall–Kier alpha value is -2.43. The molecule has 5 heteroatoms. The van der Waals surface area contributed by atoms with Crippen LogP contribution in [0.3, 0.4) is 0 Å². The van der Waals surface area contributed by atoms with E-state index in [1.54, 1.807) is 25.1 Å². The Bertz CT molecular complexity index is 597. The number of nitrogens with zero attached hydrogens (tertiary/aromatic N) is 2. The summed E-state index contributed by atoms with van der Waals surface area (Å²) in [6.07, 6.45) is 1.35. The van der Waals surface area contributed by atoms with E-state index in [0.717, 1.165) is 0 Å². The van der Waals surface area contributed by atoms with Crippen molar-refractivity contribution in [1.82, 2.24) is 9.97 Å². The van der Waals surface area contributed by atoms with Crippen molar-refractivity contribution in [1.29, 1.82) is 0 Å². The third-order valence-corrected chi connectivity index (χ3v) is 2.61. The summed E-state index contributed by atoms with van der Waals surface area (Å²) < 4.78 is 5.22. The maximum absolute atomic E-state index is 11.3. The van der Waals surface area contributed by atoms with Crippen molar-refractivity contribution in [3.63, 3.8) is 0 Å². The van der Waals surface area contributed by atoms with Crippen molar-refractivity contribution < 1.29 is 14.6 Å². The van der Waals surface area contributed by atoms with Crippen LogP contribution in [0.1, 0.15) is 16.1 Å². The van der Waals surface area contributed by atoms with Gasteiger partial charge < -0.3 is 9.84 Å². The molecule has 0 saturated carbocycles. The maximum Gasteiger partial charge on any atom is 0.339 e. The van der Waals surface area contributed by atoms with E-state index in [4.69, 9.17) is 4.74 Å². The highest BCUT2D eigenvalue weighted by Gasteiger charge is 2.19. The van der Waals surface area contributed by atoms with Gasteiger partial charge in [-0.25, -0.2) is 14.8 Å². The first-order valence-electron chi connectivity index (χ1n) is 5.33. The van der Waals surface area contributed by atoms with Gasteiger partial charge in [0.25, 0.3) is 0 Å². The molecule has 1 N–H and O–H groups in total. The fourth-order valence-electron chi connectivity index (χ4n) is 1.77. The summed E-state index contributed by atoms with van der Waals surface area (Å²) in [6, 6.07) is 7.16. The number of aromatic nitrogens is 2. The quantitative estimate of drug-likeness (QED) is 0.895. The molecule has 0 atom stereocenters. The molecule has 0 saturated heterocycles. The third kappa shape index (κ3) is 2.02. The van der Waals surface area contributed by atoms with E-state index >= 15 is 0 Å². The van der Waals surface area contributed by atoms with E-state index in [9.17, 15) is 9.90 Å². The highest BCUT2D eigenvalue weighted by Crippen LogP contribution is 2.30. The molecular weight excluding hydrogens is 232 g/mol. The number of aryl methyl sites for hydroxylation is 1. The Morgan fingerprint density at radius 3 is 2.67 bits per heavy atom. The number of para-hydroxylation sites is 1. The molecule has 18 heavy (non-hydrogen) atoms. The Morgan fingerprint density at radius 1 is 1.28 bits per heavy atom. The number of aromatic carboxylic acids is 1. The number of carboxylic acid groups (broad SMARTS) is 1. The highest BCUT2D eigenvalue weighted by molar-refractivity contribution is 5.96. The minimum absolute atomic E-state index is 0.0991. The molecule has 0 spiro atoms. The first-order valence-corrected chi connectivity index (χ1v) is 5.33. The average Bonchev–Trinajstić information content (AvgIpc) is 2.38. The number of hydrogen-bond donors (Lipinski definition) is 1. The second-order valence-electron chi connectivity index (χ2n) is 3.69. The summed E-state index contributed by atoms with van der Waals surface area (Å²) in [4.78, 5) is 19.3. The molecule has 1 aromatic carbocycles. The standard InChI is InChI=1S/C13H12N2O3/c1-8-11(13(16)17)12(15-7-14-8)9-5-3-4-6-10(9)18-2/h3-7H,1-2H3,(H,16,17). The maximum atomic E-state index is 11.3. The summed E-state index contributed by atoms with van der Waals surface area (Å²) in [5, 5.41) is 9.25. The van der Waals surface area contributed by atoms with Gasteiger partial charge in [-0.2, -0.15) is 0 Å². The lowest BCUT2D eigenvalue weighted by Crippen LogP contribution is -2.07. The molecule has 0 fully saturated rings. The monoisotopic (exact) mass is 244 g/mol. The summed E-state index contributed by atoms with van der Waals surface area (Å²) in [5.41, 5.74) is 1.54. The second kappa shape index (κ2) is 4.83. The molecule has 0 unspecified atom stereocenters. The van der Waals surface area contributed by atoms with E-state index in [2.05, 4.69) is 9.97 Å². The van der Waals surface area contributed by atoms with Gasteiger partial charge in [0.15, 0.2) is 0 Å². The molecular formula is C13H12N2O3. The van der Waals surface area contributed by atoms with Crippen LogP contribution in [0.5, 0.6) is 5.75 Å². The molecule has 0 aliphatic carbocycles. The first-order chi connectivity index (χ1) is 8.65. The zero-order chi connectivity index (χ0) is 13.1. The average molecular weight is 244 g/mol. The summed E-state index contributed by atoms with van der Waals surface area (Å²) in [5.74, 6) is -0.466. The fraction of sp³-hybridized carbons (Fsp3) is 0.154. The van der Waals surface area contributed by atoms with Crippen LogP contribution in [0.25, 0.3) is 11.3 Å². The van der Waals surface area contributed by atoms with Crippen molar-refractivity contribution in [2.24, 2.45) is 0 Å². The molecule has 0 bridgehead atoms. The van der Waals surface area contributed by atoms with Crippen LogP contribution in [0.4, 0.5) is 0 Å². The van der Waals surface area contributed by atoms with Gasteiger partial charge in [-0.1, -0.05) is 12.1 Å². The van der Waals surface area contributed by atoms with Gasteiger partial charge >= 0.3 is 5.97 Å². The van der Waals surface area contributed by atoms with Gasteiger partial charge in [-0.05, 0) is 19.1 Å². The van der Waals surface area contributed by atoms with Crippen LogP contribution in [0.15, 0.2) is 30.6 Å². The number of benzene rings is 1. The molecule has 92 valence electrons. The number of hydrogen-bond acceptors (Lipinski definition) is 4. The molecule has 5 nitrogen and oxygen atoms in total. The molecule has 0 radical (unpaired) electrons. The van der Waals surface area contributed by atoms with Gasteiger partial charge in [0.1, 0.15) is 17.6 Å². The van der Waals surface area contributed by atoms with Crippen molar-refractivity contribution in [2.75, 3.05) is 7.11 Å².